The van der Waals surface area contributed by atoms with E-state index in [-0.39, 0.29) is 5.41 Å². The monoisotopic (exact) mass is 273 g/mol. The van der Waals surface area contributed by atoms with Gasteiger partial charge in [-0.1, -0.05) is 26.8 Å². The number of ether oxygens (including phenoxy) is 2. The van der Waals surface area contributed by atoms with Crippen LogP contribution in [0.4, 0.5) is 0 Å². The number of methoxy groups -OCH3 is 1. The van der Waals surface area contributed by atoms with Crippen molar-refractivity contribution in [3.05, 3.63) is 35.0 Å². The zero-order chi connectivity index (χ0) is 14.9. The summed E-state index contributed by atoms with van der Waals surface area (Å²) in [7, 11) is 1.63. The van der Waals surface area contributed by atoms with E-state index in [0.29, 0.717) is 11.6 Å². The van der Waals surface area contributed by atoms with Crippen molar-refractivity contribution in [2.75, 3.05) is 7.11 Å². The van der Waals surface area contributed by atoms with E-state index < -0.39 is 5.97 Å². The summed E-state index contributed by atoms with van der Waals surface area (Å²) in [4.78, 5) is 16.1. The fraction of sp³-hybridized carbons (Fsp3) is 0.375. The molecule has 0 spiro atoms. The van der Waals surface area contributed by atoms with Crippen molar-refractivity contribution in [2.45, 2.75) is 27.7 Å². The van der Waals surface area contributed by atoms with Crippen molar-refractivity contribution in [3.63, 3.8) is 0 Å². The molecule has 0 bridgehead atoms. The summed E-state index contributed by atoms with van der Waals surface area (Å²) in [6.45, 7) is 7.83. The van der Waals surface area contributed by atoms with Crippen LogP contribution in [0.25, 0.3) is 6.08 Å². The van der Waals surface area contributed by atoms with Crippen LogP contribution in [-0.4, -0.2) is 19.0 Å². The summed E-state index contributed by atoms with van der Waals surface area (Å²) >= 11 is 0. The Bertz CT molecular complexity index is 607. The van der Waals surface area contributed by atoms with Gasteiger partial charge >= 0.3 is 5.97 Å². The van der Waals surface area contributed by atoms with Crippen LogP contribution in [-0.2, 0) is 9.53 Å². The quantitative estimate of drug-likeness (QED) is 0.613. The zero-order valence-electron chi connectivity index (χ0n) is 12.5. The number of rotatable bonds is 2. The third-order valence-electron chi connectivity index (χ3n) is 2.98. The van der Waals surface area contributed by atoms with Crippen LogP contribution in [0.5, 0.6) is 5.75 Å². The number of nitrogens with zero attached hydrogens (tertiary/aromatic N) is 1. The average molecular weight is 273 g/mol. The van der Waals surface area contributed by atoms with Crippen LogP contribution in [0.1, 0.15) is 31.9 Å². The Morgan fingerprint density at radius 1 is 1.30 bits per heavy atom. The first kappa shape index (κ1) is 14.3. The molecule has 106 valence electrons. The highest BCUT2D eigenvalue weighted by atomic mass is 16.6. The van der Waals surface area contributed by atoms with Crippen LogP contribution >= 0.6 is 0 Å². The van der Waals surface area contributed by atoms with Crippen molar-refractivity contribution in [1.29, 1.82) is 0 Å². The van der Waals surface area contributed by atoms with Gasteiger partial charge in [0.25, 0.3) is 0 Å². The molecule has 0 unspecified atom stereocenters. The summed E-state index contributed by atoms with van der Waals surface area (Å²) < 4.78 is 10.4. The molecular weight excluding hydrogens is 254 g/mol. The van der Waals surface area contributed by atoms with Crippen LogP contribution in [0, 0.1) is 12.3 Å². The minimum absolute atomic E-state index is 0.277. The van der Waals surface area contributed by atoms with Gasteiger partial charge in [0.05, 0.1) is 7.11 Å². The molecule has 0 fully saturated rings. The SMILES string of the molecule is COc1ccc(/C=C2/N=C(C(C)(C)C)OC2=O)cc1C. The summed E-state index contributed by atoms with van der Waals surface area (Å²) in [5.74, 6) is 0.877. The van der Waals surface area contributed by atoms with Crippen molar-refractivity contribution in [1.82, 2.24) is 0 Å². The van der Waals surface area contributed by atoms with Gasteiger partial charge in [0.2, 0.25) is 5.90 Å². The van der Waals surface area contributed by atoms with Gasteiger partial charge in [-0.05, 0) is 36.3 Å². The van der Waals surface area contributed by atoms with E-state index in [1.807, 2.05) is 45.9 Å². The number of esters is 1. The Kier molecular flexibility index (Phi) is 3.66. The van der Waals surface area contributed by atoms with Crippen LogP contribution < -0.4 is 4.74 Å². The highest BCUT2D eigenvalue weighted by molar-refractivity contribution is 6.08. The summed E-state index contributed by atoms with van der Waals surface area (Å²) in [5.41, 5.74) is 1.96. The van der Waals surface area contributed by atoms with Gasteiger partial charge in [-0.3, -0.25) is 0 Å². The van der Waals surface area contributed by atoms with Crippen molar-refractivity contribution in [3.8, 4) is 5.75 Å². The molecule has 0 amide bonds. The number of aryl methyl sites for hydroxylation is 1. The first-order valence-electron chi connectivity index (χ1n) is 6.49. The van der Waals surface area contributed by atoms with E-state index in [2.05, 4.69) is 4.99 Å². The van der Waals surface area contributed by atoms with Gasteiger partial charge in [0.15, 0.2) is 5.70 Å². The predicted octanol–water partition coefficient (Wildman–Crippen LogP) is 3.35. The highest BCUT2D eigenvalue weighted by Gasteiger charge is 2.31. The molecule has 0 saturated heterocycles. The Hall–Kier alpha value is -2.10. The number of carbonyl (C=O) groups excluding carboxylic acids is 1. The average Bonchev–Trinajstić information content (AvgIpc) is 2.71. The Balaban J connectivity index is 2.34. The molecule has 0 radical (unpaired) electrons. The number of aliphatic imine (C=N–C) groups is 1. The molecule has 1 heterocycles. The van der Waals surface area contributed by atoms with E-state index >= 15 is 0 Å². The summed E-state index contributed by atoms with van der Waals surface area (Å²) in [6, 6.07) is 5.71. The normalized spacial score (nSPS) is 17.1. The fourth-order valence-electron chi connectivity index (χ4n) is 1.88. The molecule has 1 aromatic carbocycles. The first-order valence-corrected chi connectivity index (χ1v) is 6.49. The Morgan fingerprint density at radius 3 is 2.50 bits per heavy atom. The molecule has 0 saturated carbocycles. The third kappa shape index (κ3) is 2.90. The van der Waals surface area contributed by atoms with Gasteiger partial charge < -0.3 is 9.47 Å². The molecule has 4 nitrogen and oxygen atoms in total. The molecule has 4 heteroatoms. The van der Waals surface area contributed by atoms with Crippen LogP contribution in [0.15, 0.2) is 28.9 Å². The van der Waals surface area contributed by atoms with Gasteiger partial charge in [-0.2, -0.15) is 0 Å². The summed E-state index contributed by atoms with van der Waals surface area (Å²) in [6.07, 6.45) is 1.73. The van der Waals surface area contributed by atoms with Gasteiger partial charge in [0, 0.05) is 5.41 Å². The lowest BCUT2D eigenvalue weighted by atomic mass is 9.97. The van der Waals surface area contributed by atoms with Crippen molar-refractivity contribution >= 4 is 17.9 Å². The maximum Gasteiger partial charge on any atom is 0.363 e. The fourth-order valence-corrected chi connectivity index (χ4v) is 1.88. The molecule has 0 atom stereocenters. The molecule has 0 N–H and O–H groups in total. The predicted molar refractivity (Wildman–Crippen MR) is 78.7 cm³/mol. The minimum Gasteiger partial charge on any atom is -0.496 e. The van der Waals surface area contributed by atoms with E-state index in [4.69, 9.17) is 9.47 Å². The van der Waals surface area contributed by atoms with Gasteiger partial charge in [-0.15, -0.1) is 0 Å². The maximum absolute atomic E-state index is 11.8. The lowest BCUT2D eigenvalue weighted by molar-refractivity contribution is -0.130. The van der Waals surface area contributed by atoms with Crippen LogP contribution in [0.3, 0.4) is 0 Å². The Labute approximate surface area is 119 Å². The highest BCUT2D eigenvalue weighted by Crippen LogP contribution is 2.26. The maximum atomic E-state index is 11.8. The molecule has 1 aliphatic rings. The second-order valence-corrected chi connectivity index (χ2v) is 5.82. The second kappa shape index (κ2) is 5.12. The van der Waals surface area contributed by atoms with Crippen molar-refractivity contribution < 1.29 is 14.3 Å². The van der Waals surface area contributed by atoms with Crippen molar-refractivity contribution in [2.24, 2.45) is 10.4 Å². The topological polar surface area (TPSA) is 47.9 Å². The molecule has 20 heavy (non-hydrogen) atoms. The number of benzene rings is 1. The zero-order valence-corrected chi connectivity index (χ0v) is 12.5. The molecule has 1 aromatic rings. The first-order chi connectivity index (χ1) is 9.31. The molecule has 2 rings (SSSR count). The molecular formula is C16H19NO3. The van der Waals surface area contributed by atoms with E-state index in [1.54, 1.807) is 13.2 Å². The number of hydrogen-bond acceptors (Lipinski definition) is 4. The van der Waals surface area contributed by atoms with Crippen LogP contribution in [0.2, 0.25) is 0 Å². The van der Waals surface area contributed by atoms with E-state index in [1.165, 1.54) is 0 Å². The standard InChI is InChI=1S/C16H19NO3/c1-10-8-11(6-7-13(10)19-5)9-12-14(18)20-15(17-12)16(2,3)4/h6-9H,1-5H3/b12-9+. The second-order valence-electron chi connectivity index (χ2n) is 5.82. The smallest absolute Gasteiger partial charge is 0.363 e. The number of hydrogen-bond donors (Lipinski definition) is 0. The molecule has 0 aliphatic carbocycles. The van der Waals surface area contributed by atoms with E-state index in [9.17, 15) is 4.79 Å². The largest absolute Gasteiger partial charge is 0.496 e. The summed E-state index contributed by atoms with van der Waals surface area (Å²) in [5, 5.41) is 0. The minimum atomic E-state index is -0.400. The lowest BCUT2D eigenvalue weighted by Gasteiger charge is -2.15. The lowest BCUT2D eigenvalue weighted by Crippen LogP contribution is -2.21. The number of cyclic esters (lactones) is 1. The Morgan fingerprint density at radius 2 is 2.00 bits per heavy atom. The van der Waals surface area contributed by atoms with Gasteiger partial charge in [0.1, 0.15) is 5.75 Å². The number of carbonyl (C=O) groups is 1. The molecule has 0 aromatic heterocycles. The molecule has 1 aliphatic heterocycles. The third-order valence-corrected chi connectivity index (χ3v) is 2.98. The van der Waals surface area contributed by atoms with Gasteiger partial charge in [-0.25, -0.2) is 9.79 Å². The van der Waals surface area contributed by atoms with E-state index in [0.717, 1.165) is 16.9 Å².